The quantitative estimate of drug-likeness (QED) is 0.737. The molecule has 2 aliphatic rings. The highest BCUT2D eigenvalue weighted by Gasteiger charge is 2.42. The number of methoxy groups -OCH3 is 1. The van der Waals surface area contributed by atoms with Crippen LogP contribution in [0.25, 0.3) is 0 Å². The number of halogens is 2. The van der Waals surface area contributed by atoms with Crippen LogP contribution < -0.4 is 0 Å². The number of likely N-dealkylation sites (tertiary alicyclic amines) is 2. The first kappa shape index (κ1) is 19.7. The van der Waals surface area contributed by atoms with Gasteiger partial charge in [0.2, 0.25) is 5.91 Å². The van der Waals surface area contributed by atoms with E-state index in [4.69, 9.17) is 0 Å². The van der Waals surface area contributed by atoms with Crippen molar-refractivity contribution in [2.75, 3.05) is 33.3 Å². The number of hydrogen-bond donors (Lipinski definition) is 0. The number of benzene rings is 1. The molecule has 7 heteroatoms. The molecule has 0 saturated carbocycles. The van der Waals surface area contributed by atoms with Crippen molar-refractivity contribution in [3.63, 3.8) is 0 Å². The molecule has 0 N–H and O–H groups in total. The summed E-state index contributed by atoms with van der Waals surface area (Å²) in [4.78, 5) is 27.6. The highest BCUT2D eigenvalue weighted by molar-refractivity contribution is 5.81. The van der Waals surface area contributed by atoms with Gasteiger partial charge >= 0.3 is 5.97 Å². The molecular weight excluding hydrogens is 354 g/mol. The van der Waals surface area contributed by atoms with Crippen molar-refractivity contribution < 1.29 is 23.1 Å². The van der Waals surface area contributed by atoms with Gasteiger partial charge in [0.05, 0.1) is 13.5 Å². The maximum absolute atomic E-state index is 14.0. The normalized spacial score (nSPS) is 23.0. The van der Waals surface area contributed by atoms with Gasteiger partial charge in [-0.05, 0) is 31.9 Å². The summed E-state index contributed by atoms with van der Waals surface area (Å²) in [5.74, 6) is -1.99. The fourth-order valence-electron chi connectivity index (χ4n) is 4.31. The van der Waals surface area contributed by atoms with Crippen LogP contribution in [0.2, 0.25) is 0 Å². The van der Waals surface area contributed by atoms with Gasteiger partial charge in [-0.2, -0.15) is 0 Å². The number of esters is 1. The van der Waals surface area contributed by atoms with Crippen LogP contribution in [-0.2, 0) is 20.9 Å². The van der Waals surface area contributed by atoms with Crippen molar-refractivity contribution in [3.8, 4) is 0 Å². The first-order chi connectivity index (χ1) is 12.9. The summed E-state index contributed by atoms with van der Waals surface area (Å²) < 4.78 is 32.0. The van der Waals surface area contributed by atoms with E-state index >= 15 is 0 Å². The summed E-state index contributed by atoms with van der Waals surface area (Å²) in [5.41, 5.74) is 0.374. The molecule has 2 aliphatic heterocycles. The van der Waals surface area contributed by atoms with E-state index in [-0.39, 0.29) is 30.1 Å². The molecule has 0 bridgehead atoms. The SMILES string of the molecule is COC(=O)CCC(=O)N1CC[C@]2(CCCN(Cc3cccc(F)c3F)C2)C1. The molecule has 2 fully saturated rings. The molecule has 27 heavy (non-hydrogen) atoms. The topological polar surface area (TPSA) is 49.9 Å². The molecule has 1 atom stereocenters. The zero-order valence-electron chi connectivity index (χ0n) is 15.7. The van der Waals surface area contributed by atoms with Crippen LogP contribution in [-0.4, -0.2) is 55.0 Å². The molecule has 1 aromatic rings. The largest absolute Gasteiger partial charge is 0.469 e. The molecule has 1 spiro atoms. The lowest BCUT2D eigenvalue weighted by molar-refractivity contribution is -0.143. The van der Waals surface area contributed by atoms with Crippen LogP contribution in [0.15, 0.2) is 18.2 Å². The van der Waals surface area contributed by atoms with Crippen LogP contribution in [0, 0.1) is 17.0 Å². The smallest absolute Gasteiger partial charge is 0.306 e. The monoisotopic (exact) mass is 380 g/mol. The van der Waals surface area contributed by atoms with E-state index in [0.717, 1.165) is 38.4 Å². The Morgan fingerprint density at radius 3 is 2.74 bits per heavy atom. The Hall–Kier alpha value is -2.02. The number of hydrogen-bond acceptors (Lipinski definition) is 4. The van der Waals surface area contributed by atoms with Gasteiger partial charge in [-0.25, -0.2) is 8.78 Å². The van der Waals surface area contributed by atoms with Crippen molar-refractivity contribution >= 4 is 11.9 Å². The molecule has 2 heterocycles. The molecule has 5 nitrogen and oxygen atoms in total. The third-order valence-electron chi connectivity index (χ3n) is 5.73. The summed E-state index contributed by atoms with van der Waals surface area (Å²) in [6, 6.07) is 4.28. The number of rotatable bonds is 5. The van der Waals surface area contributed by atoms with Gasteiger partial charge < -0.3 is 9.64 Å². The van der Waals surface area contributed by atoms with Gasteiger partial charge in [0.1, 0.15) is 0 Å². The van der Waals surface area contributed by atoms with E-state index in [1.807, 2.05) is 4.90 Å². The average Bonchev–Trinajstić information content (AvgIpc) is 3.06. The molecule has 0 aliphatic carbocycles. The van der Waals surface area contributed by atoms with E-state index < -0.39 is 11.6 Å². The number of carbonyl (C=O) groups is 2. The van der Waals surface area contributed by atoms with Crippen molar-refractivity contribution in [1.29, 1.82) is 0 Å². The van der Waals surface area contributed by atoms with E-state index in [1.165, 1.54) is 13.2 Å². The first-order valence-electron chi connectivity index (χ1n) is 9.42. The Morgan fingerprint density at radius 1 is 1.15 bits per heavy atom. The average molecular weight is 380 g/mol. The Kier molecular flexibility index (Phi) is 6.09. The molecule has 3 rings (SSSR count). The number of piperidine rings is 1. The maximum atomic E-state index is 14.0. The Morgan fingerprint density at radius 2 is 1.96 bits per heavy atom. The molecule has 2 saturated heterocycles. The summed E-state index contributed by atoms with van der Waals surface area (Å²) in [6.45, 7) is 3.33. The minimum atomic E-state index is -0.817. The van der Waals surface area contributed by atoms with Crippen LogP contribution in [0.5, 0.6) is 0 Å². The van der Waals surface area contributed by atoms with E-state index in [1.54, 1.807) is 6.07 Å². The summed E-state index contributed by atoms with van der Waals surface area (Å²) >= 11 is 0. The Balaban J connectivity index is 1.58. The lowest BCUT2D eigenvalue weighted by Crippen LogP contribution is -2.45. The standard InChI is InChI=1S/C20H26F2N2O3/c1-27-18(26)7-6-17(25)24-11-9-20(14-24)8-3-10-23(13-20)12-15-4-2-5-16(21)19(15)22/h2,4-5H,3,6-14H2,1H3/t20-/m0/s1. The summed E-state index contributed by atoms with van der Waals surface area (Å²) in [5, 5.41) is 0. The molecule has 148 valence electrons. The molecule has 1 amide bonds. The Labute approximate surface area is 158 Å². The second-order valence-electron chi connectivity index (χ2n) is 7.67. The molecule has 1 aromatic carbocycles. The van der Waals surface area contributed by atoms with Crippen LogP contribution in [0.3, 0.4) is 0 Å². The van der Waals surface area contributed by atoms with Crippen LogP contribution >= 0.6 is 0 Å². The second kappa shape index (κ2) is 8.33. The van der Waals surface area contributed by atoms with E-state index in [9.17, 15) is 18.4 Å². The second-order valence-corrected chi connectivity index (χ2v) is 7.67. The third-order valence-corrected chi connectivity index (χ3v) is 5.73. The van der Waals surface area contributed by atoms with Crippen molar-refractivity contribution in [2.24, 2.45) is 5.41 Å². The maximum Gasteiger partial charge on any atom is 0.306 e. The predicted molar refractivity (Wildman–Crippen MR) is 95.7 cm³/mol. The summed E-state index contributed by atoms with van der Waals surface area (Å²) in [7, 11) is 1.32. The van der Waals surface area contributed by atoms with E-state index in [2.05, 4.69) is 9.64 Å². The van der Waals surface area contributed by atoms with Gasteiger partial charge in [-0.3, -0.25) is 14.5 Å². The fraction of sp³-hybridized carbons (Fsp3) is 0.600. The van der Waals surface area contributed by atoms with Crippen LogP contribution in [0.1, 0.15) is 37.7 Å². The molecule has 0 unspecified atom stereocenters. The van der Waals surface area contributed by atoms with Gasteiger partial charge in [0, 0.05) is 43.6 Å². The Bertz CT molecular complexity index is 712. The summed E-state index contributed by atoms with van der Waals surface area (Å²) in [6.07, 6.45) is 3.17. The zero-order chi connectivity index (χ0) is 19.4. The van der Waals surface area contributed by atoms with Crippen molar-refractivity contribution in [2.45, 2.75) is 38.6 Å². The van der Waals surface area contributed by atoms with Gasteiger partial charge in [-0.1, -0.05) is 12.1 Å². The zero-order valence-corrected chi connectivity index (χ0v) is 15.7. The third kappa shape index (κ3) is 4.64. The molecular formula is C20H26F2N2O3. The van der Waals surface area contributed by atoms with Gasteiger partial charge in [0.25, 0.3) is 0 Å². The van der Waals surface area contributed by atoms with E-state index in [0.29, 0.717) is 25.2 Å². The first-order valence-corrected chi connectivity index (χ1v) is 9.42. The molecule has 0 aromatic heterocycles. The minimum Gasteiger partial charge on any atom is -0.469 e. The number of amides is 1. The predicted octanol–water partition coefficient (Wildman–Crippen LogP) is 2.73. The number of carbonyl (C=O) groups excluding carboxylic acids is 2. The van der Waals surface area contributed by atoms with Gasteiger partial charge in [-0.15, -0.1) is 0 Å². The lowest BCUT2D eigenvalue weighted by Gasteiger charge is -2.40. The van der Waals surface area contributed by atoms with Gasteiger partial charge in [0.15, 0.2) is 11.6 Å². The number of ether oxygens (including phenoxy) is 1. The fourth-order valence-corrected chi connectivity index (χ4v) is 4.31. The molecule has 0 radical (unpaired) electrons. The lowest BCUT2D eigenvalue weighted by atomic mass is 9.79. The highest BCUT2D eigenvalue weighted by atomic mass is 19.2. The highest BCUT2D eigenvalue weighted by Crippen LogP contribution is 2.39. The minimum absolute atomic E-state index is 0.00295. The van der Waals surface area contributed by atoms with Crippen molar-refractivity contribution in [1.82, 2.24) is 9.80 Å². The number of nitrogens with zero attached hydrogens (tertiary/aromatic N) is 2. The van der Waals surface area contributed by atoms with Crippen molar-refractivity contribution in [3.05, 3.63) is 35.4 Å². The van der Waals surface area contributed by atoms with Crippen LogP contribution in [0.4, 0.5) is 8.78 Å².